The van der Waals surface area contributed by atoms with Gasteiger partial charge in [-0.3, -0.25) is 0 Å². The summed E-state index contributed by atoms with van der Waals surface area (Å²) < 4.78 is 0. The minimum absolute atomic E-state index is 0.486. The van der Waals surface area contributed by atoms with E-state index < -0.39 is 0 Å². The average Bonchev–Trinajstić information content (AvgIpc) is 2.36. The van der Waals surface area contributed by atoms with Crippen molar-refractivity contribution in [1.29, 1.82) is 0 Å². The van der Waals surface area contributed by atoms with E-state index in [-0.39, 0.29) is 0 Å². The van der Waals surface area contributed by atoms with Crippen LogP contribution in [-0.4, -0.2) is 6.54 Å². The second-order valence-corrected chi connectivity index (χ2v) is 2.78. The molecule has 0 saturated carbocycles. The summed E-state index contributed by atoms with van der Waals surface area (Å²) in [6, 6.07) is 0. The van der Waals surface area contributed by atoms with Crippen LogP contribution in [0.2, 0.25) is 0 Å². The van der Waals surface area contributed by atoms with Crippen molar-refractivity contribution >= 4 is 0 Å². The topological polar surface area (TPSA) is 12.0 Å². The molecule has 1 heteroatoms. The number of nitrogens with one attached hydrogen (secondary N) is 1. The van der Waals surface area contributed by atoms with Crippen LogP contribution in [0.1, 0.15) is 26.7 Å². The molecule has 0 fully saturated rings. The van der Waals surface area contributed by atoms with E-state index in [0.717, 1.165) is 6.54 Å². The maximum Gasteiger partial charge on any atom is 0.0233 e. The van der Waals surface area contributed by atoms with Gasteiger partial charge >= 0.3 is 0 Å². The molecule has 1 aliphatic rings. The highest BCUT2D eigenvalue weighted by atomic mass is 14.9. The van der Waals surface area contributed by atoms with E-state index in [9.17, 15) is 0 Å². The van der Waals surface area contributed by atoms with E-state index in [1.165, 1.54) is 12.8 Å². The van der Waals surface area contributed by atoms with E-state index in [1.807, 2.05) is 0 Å². The second kappa shape index (κ2) is 2.42. The maximum atomic E-state index is 3.23. The molecule has 1 rings (SSSR count). The summed E-state index contributed by atoms with van der Waals surface area (Å²) in [6.07, 6.45) is 6.89. The van der Waals surface area contributed by atoms with Gasteiger partial charge < -0.3 is 5.32 Å². The van der Waals surface area contributed by atoms with Gasteiger partial charge in [0.15, 0.2) is 0 Å². The SMILES string of the molecule is CCC1(CC)C=CNC1. The van der Waals surface area contributed by atoms with Gasteiger partial charge in [0, 0.05) is 12.0 Å². The highest BCUT2D eigenvalue weighted by Crippen LogP contribution is 2.29. The monoisotopic (exact) mass is 125 g/mol. The molecule has 0 amide bonds. The molecule has 0 bridgehead atoms. The Morgan fingerprint density at radius 2 is 2.11 bits per heavy atom. The first-order valence-corrected chi connectivity index (χ1v) is 3.74. The smallest absolute Gasteiger partial charge is 0.0233 e. The van der Waals surface area contributed by atoms with Gasteiger partial charge in [0.1, 0.15) is 0 Å². The molecule has 0 unspecified atom stereocenters. The van der Waals surface area contributed by atoms with E-state index >= 15 is 0 Å². The molecular formula is C8H15N. The molecule has 9 heavy (non-hydrogen) atoms. The molecule has 52 valence electrons. The fourth-order valence-electron chi connectivity index (χ4n) is 1.29. The van der Waals surface area contributed by atoms with Gasteiger partial charge in [-0.25, -0.2) is 0 Å². The van der Waals surface area contributed by atoms with Crippen LogP contribution in [0, 0.1) is 5.41 Å². The predicted octanol–water partition coefficient (Wildman–Crippen LogP) is 1.91. The summed E-state index contributed by atoms with van der Waals surface area (Å²) in [6.45, 7) is 5.64. The summed E-state index contributed by atoms with van der Waals surface area (Å²) in [5.41, 5.74) is 0.486. The van der Waals surface area contributed by atoms with Crippen LogP contribution in [0.4, 0.5) is 0 Å². The zero-order valence-electron chi connectivity index (χ0n) is 6.28. The van der Waals surface area contributed by atoms with Gasteiger partial charge in [0.2, 0.25) is 0 Å². The Hall–Kier alpha value is -0.460. The predicted molar refractivity (Wildman–Crippen MR) is 40.2 cm³/mol. The molecule has 1 N–H and O–H groups in total. The maximum absolute atomic E-state index is 3.23. The fourth-order valence-corrected chi connectivity index (χ4v) is 1.29. The molecule has 1 nitrogen and oxygen atoms in total. The Labute approximate surface area is 57.1 Å². The largest absolute Gasteiger partial charge is 0.390 e. The highest BCUT2D eigenvalue weighted by molar-refractivity contribution is 5.05. The van der Waals surface area contributed by atoms with Crippen LogP contribution in [0.3, 0.4) is 0 Å². The van der Waals surface area contributed by atoms with E-state index in [0.29, 0.717) is 5.41 Å². The third-order valence-electron chi connectivity index (χ3n) is 2.42. The molecule has 0 aromatic rings. The van der Waals surface area contributed by atoms with Crippen molar-refractivity contribution in [3.05, 3.63) is 12.3 Å². The molecule has 0 aliphatic carbocycles. The standard InChI is InChI=1S/C8H15N/c1-3-8(4-2)5-6-9-7-8/h5-6,9H,3-4,7H2,1-2H3. The fraction of sp³-hybridized carbons (Fsp3) is 0.750. The van der Waals surface area contributed by atoms with Crippen LogP contribution < -0.4 is 5.32 Å². The molecule has 0 spiro atoms. The number of hydrogen-bond donors (Lipinski definition) is 1. The van der Waals surface area contributed by atoms with Gasteiger partial charge in [-0.05, 0) is 19.0 Å². The number of hydrogen-bond acceptors (Lipinski definition) is 1. The average molecular weight is 125 g/mol. The summed E-state index contributed by atoms with van der Waals surface area (Å²) in [5, 5.41) is 3.23. The second-order valence-electron chi connectivity index (χ2n) is 2.78. The Morgan fingerprint density at radius 1 is 1.44 bits per heavy atom. The van der Waals surface area contributed by atoms with Crippen LogP contribution in [0.25, 0.3) is 0 Å². The zero-order chi connectivity index (χ0) is 6.74. The van der Waals surface area contributed by atoms with Crippen LogP contribution in [-0.2, 0) is 0 Å². The summed E-state index contributed by atoms with van der Waals surface area (Å²) >= 11 is 0. The quantitative estimate of drug-likeness (QED) is 0.594. The van der Waals surface area contributed by atoms with Crippen molar-refractivity contribution in [1.82, 2.24) is 5.32 Å². The molecule has 0 aromatic heterocycles. The van der Waals surface area contributed by atoms with Gasteiger partial charge in [-0.1, -0.05) is 19.9 Å². The molecule has 1 aliphatic heterocycles. The first kappa shape index (κ1) is 6.66. The van der Waals surface area contributed by atoms with Crippen molar-refractivity contribution in [2.24, 2.45) is 5.41 Å². The normalized spacial score (nSPS) is 22.0. The lowest BCUT2D eigenvalue weighted by Crippen LogP contribution is -2.22. The lowest BCUT2D eigenvalue weighted by Gasteiger charge is -2.22. The summed E-state index contributed by atoms with van der Waals surface area (Å²) in [5.74, 6) is 0. The minimum atomic E-state index is 0.486. The molecule has 0 saturated heterocycles. The van der Waals surface area contributed by atoms with Crippen molar-refractivity contribution < 1.29 is 0 Å². The van der Waals surface area contributed by atoms with Crippen LogP contribution in [0.5, 0.6) is 0 Å². The van der Waals surface area contributed by atoms with Crippen LogP contribution >= 0.6 is 0 Å². The number of rotatable bonds is 2. The lowest BCUT2D eigenvalue weighted by atomic mass is 9.84. The van der Waals surface area contributed by atoms with Gasteiger partial charge in [0.05, 0.1) is 0 Å². The molecule has 0 atom stereocenters. The van der Waals surface area contributed by atoms with Crippen molar-refractivity contribution in [3.8, 4) is 0 Å². The van der Waals surface area contributed by atoms with Crippen molar-refractivity contribution in [3.63, 3.8) is 0 Å². The van der Waals surface area contributed by atoms with Gasteiger partial charge in [-0.15, -0.1) is 0 Å². The first-order chi connectivity index (χ1) is 4.33. The zero-order valence-corrected chi connectivity index (χ0v) is 6.28. The lowest BCUT2D eigenvalue weighted by molar-refractivity contribution is 0.368. The third-order valence-corrected chi connectivity index (χ3v) is 2.42. The minimum Gasteiger partial charge on any atom is -0.390 e. The molecule has 1 heterocycles. The Bertz CT molecular complexity index is 112. The van der Waals surface area contributed by atoms with Crippen molar-refractivity contribution in [2.45, 2.75) is 26.7 Å². The summed E-state index contributed by atoms with van der Waals surface area (Å²) in [7, 11) is 0. The molecule has 0 aromatic carbocycles. The first-order valence-electron chi connectivity index (χ1n) is 3.74. The summed E-state index contributed by atoms with van der Waals surface area (Å²) in [4.78, 5) is 0. The van der Waals surface area contributed by atoms with E-state index in [4.69, 9.17) is 0 Å². The highest BCUT2D eigenvalue weighted by Gasteiger charge is 2.24. The Morgan fingerprint density at radius 3 is 2.33 bits per heavy atom. The Kier molecular flexibility index (Phi) is 1.79. The van der Waals surface area contributed by atoms with Crippen molar-refractivity contribution in [2.75, 3.05) is 6.54 Å². The van der Waals surface area contributed by atoms with Gasteiger partial charge in [-0.2, -0.15) is 0 Å². The van der Waals surface area contributed by atoms with Crippen LogP contribution in [0.15, 0.2) is 12.3 Å². The Balaban J connectivity index is 2.57. The van der Waals surface area contributed by atoms with E-state index in [2.05, 4.69) is 31.4 Å². The molecular weight excluding hydrogens is 110 g/mol. The van der Waals surface area contributed by atoms with E-state index in [1.54, 1.807) is 0 Å². The molecule has 0 radical (unpaired) electrons. The van der Waals surface area contributed by atoms with Gasteiger partial charge in [0.25, 0.3) is 0 Å². The third kappa shape index (κ3) is 1.09.